The van der Waals surface area contributed by atoms with Gasteiger partial charge in [0, 0.05) is 10.4 Å². The van der Waals surface area contributed by atoms with E-state index in [1.807, 2.05) is 37.3 Å². The molecule has 0 radical (unpaired) electrons. The molecule has 8 nitrogen and oxygen atoms in total. The number of nitrogens with one attached hydrogen (secondary N) is 2. The number of imide groups is 1. The number of anilines is 1. The van der Waals surface area contributed by atoms with Gasteiger partial charge in [-0.15, -0.1) is 11.3 Å². The molecular formula is C25H21N3O5S2. The first-order valence-corrected chi connectivity index (χ1v) is 12.0. The molecule has 2 N–H and O–H groups in total. The second kappa shape index (κ2) is 10.2. The summed E-state index contributed by atoms with van der Waals surface area (Å²) in [4.78, 5) is 52.1. The summed E-state index contributed by atoms with van der Waals surface area (Å²) < 4.78 is 5.27. The van der Waals surface area contributed by atoms with Crippen LogP contribution in [0.25, 0.3) is 11.1 Å². The van der Waals surface area contributed by atoms with Crippen LogP contribution in [0.1, 0.15) is 42.9 Å². The third-order valence-electron chi connectivity index (χ3n) is 5.29. The second-order valence-corrected chi connectivity index (χ2v) is 9.20. The number of thiophene rings is 1. The minimum Gasteiger partial charge on any atom is -0.462 e. The van der Waals surface area contributed by atoms with Gasteiger partial charge in [-0.05, 0) is 43.8 Å². The molecule has 1 aliphatic heterocycles. The fourth-order valence-corrected chi connectivity index (χ4v) is 5.16. The lowest BCUT2D eigenvalue weighted by atomic mass is 10.0. The number of esters is 1. The number of carbonyl (C=O) groups is 4. The van der Waals surface area contributed by atoms with Crippen LogP contribution in [0.15, 0.2) is 54.6 Å². The highest BCUT2D eigenvalue weighted by molar-refractivity contribution is 7.80. The first kappa shape index (κ1) is 24.2. The van der Waals surface area contributed by atoms with Crippen LogP contribution in [-0.2, 0) is 9.53 Å². The summed E-state index contributed by atoms with van der Waals surface area (Å²) in [5.41, 5.74) is 2.40. The number of benzene rings is 2. The first-order chi connectivity index (χ1) is 16.8. The van der Waals surface area contributed by atoms with Crippen molar-refractivity contribution in [1.29, 1.82) is 0 Å². The lowest BCUT2D eigenvalue weighted by Gasteiger charge is -2.15. The van der Waals surface area contributed by atoms with Crippen LogP contribution in [0.4, 0.5) is 5.00 Å². The Morgan fingerprint density at radius 1 is 1.00 bits per heavy atom. The van der Waals surface area contributed by atoms with Gasteiger partial charge in [-0.3, -0.25) is 19.3 Å². The predicted molar refractivity (Wildman–Crippen MR) is 137 cm³/mol. The van der Waals surface area contributed by atoms with E-state index in [1.165, 1.54) is 11.3 Å². The zero-order valence-electron chi connectivity index (χ0n) is 18.9. The van der Waals surface area contributed by atoms with Crippen LogP contribution in [0.2, 0.25) is 0 Å². The first-order valence-electron chi connectivity index (χ1n) is 10.7. The number of thiocarbonyl (C=S) groups is 1. The average molecular weight is 508 g/mol. The van der Waals surface area contributed by atoms with E-state index in [2.05, 4.69) is 10.6 Å². The van der Waals surface area contributed by atoms with Crippen molar-refractivity contribution < 1.29 is 23.9 Å². The Bertz CT molecular complexity index is 1320. The Hall–Kier alpha value is -3.89. The zero-order valence-corrected chi connectivity index (χ0v) is 20.5. The van der Waals surface area contributed by atoms with Crippen molar-refractivity contribution in [2.24, 2.45) is 0 Å². The molecule has 0 saturated carbocycles. The van der Waals surface area contributed by atoms with Gasteiger partial charge in [0.15, 0.2) is 5.11 Å². The minimum atomic E-state index is -0.647. The van der Waals surface area contributed by atoms with Gasteiger partial charge < -0.3 is 15.4 Å². The Labute approximate surface area is 210 Å². The predicted octanol–water partition coefficient (Wildman–Crippen LogP) is 4.01. The van der Waals surface area contributed by atoms with Gasteiger partial charge in [-0.2, -0.15) is 0 Å². The maximum atomic E-state index is 12.8. The molecule has 178 valence electrons. The van der Waals surface area contributed by atoms with Crippen LogP contribution >= 0.6 is 23.6 Å². The van der Waals surface area contributed by atoms with Gasteiger partial charge in [0.1, 0.15) is 17.1 Å². The van der Waals surface area contributed by atoms with E-state index < -0.39 is 30.2 Å². The molecule has 0 spiro atoms. The largest absolute Gasteiger partial charge is 0.462 e. The molecule has 10 heteroatoms. The molecule has 0 atom stereocenters. The number of fused-ring (bicyclic) bond motifs is 1. The highest BCUT2D eigenvalue weighted by Crippen LogP contribution is 2.40. The van der Waals surface area contributed by atoms with Gasteiger partial charge in [0.25, 0.3) is 11.8 Å². The molecule has 0 saturated heterocycles. The maximum absolute atomic E-state index is 12.8. The van der Waals surface area contributed by atoms with E-state index in [9.17, 15) is 19.2 Å². The molecule has 0 fully saturated rings. The summed E-state index contributed by atoms with van der Waals surface area (Å²) in [6.45, 7) is 3.31. The van der Waals surface area contributed by atoms with E-state index >= 15 is 0 Å². The number of nitrogens with zero attached hydrogens (tertiary/aromatic N) is 1. The second-order valence-electron chi connectivity index (χ2n) is 7.57. The van der Waals surface area contributed by atoms with E-state index in [4.69, 9.17) is 17.0 Å². The monoisotopic (exact) mass is 507 g/mol. The fourth-order valence-electron chi connectivity index (χ4n) is 3.81. The molecule has 4 rings (SSSR count). The number of aryl methyl sites for hydroxylation is 1. The van der Waals surface area contributed by atoms with Crippen molar-refractivity contribution in [1.82, 2.24) is 10.2 Å². The van der Waals surface area contributed by atoms with Gasteiger partial charge >= 0.3 is 5.97 Å². The van der Waals surface area contributed by atoms with Crippen molar-refractivity contribution in [3.63, 3.8) is 0 Å². The van der Waals surface area contributed by atoms with Gasteiger partial charge in [0.05, 0.1) is 17.7 Å². The quantitative estimate of drug-likeness (QED) is 0.295. The maximum Gasteiger partial charge on any atom is 0.341 e. The summed E-state index contributed by atoms with van der Waals surface area (Å²) in [6, 6.07) is 15.8. The van der Waals surface area contributed by atoms with Gasteiger partial charge in [-0.25, -0.2) is 4.79 Å². The average Bonchev–Trinajstić information content (AvgIpc) is 3.28. The Kier molecular flexibility index (Phi) is 7.04. The molecule has 1 aromatic heterocycles. The summed E-state index contributed by atoms with van der Waals surface area (Å²) in [5.74, 6) is -2.24. The van der Waals surface area contributed by atoms with Crippen molar-refractivity contribution in [3.8, 4) is 11.1 Å². The number of rotatable bonds is 6. The minimum absolute atomic E-state index is 0.0713. The van der Waals surface area contributed by atoms with Gasteiger partial charge in [-0.1, -0.05) is 42.5 Å². The normalized spacial score (nSPS) is 12.3. The van der Waals surface area contributed by atoms with E-state index in [1.54, 1.807) is 31.2 Å². The summed E-state index contributed by atoms with van der Waals surface area (Å²) in [7, 11) is 0. The van der Waals surface area contributed by atoms with Crippen LogP contribution in [0, 0.1) is 6.92 Å². The molecule has 35 heavy (non-hydrogen) atoms. The Balaban J connectivity index is 1.50. The van der Waals surface area contributed by atoms with Crippen LogP contribution in [-0.4, -0.2) is 46.9 Å². The van der Waals surface area contributed by atoms with E-state index in [-0.39, 0.29) is 22.8 Å². The van der Waals surface area contributed by atoms with E-state index in [0.717, 1.165) is 20.9 Å². The molecular weight excluding hydrogens is 486 g/mol. The van der Waals surface area contributed by atoms with Crippen LogP contribution < -0.4 is 10.6 Å². The van der Waals surface area contributed by atoms with Crippen molar-refractivity contribution in [3.05, 3.63) is 76.2 Å². The molecule has 3 amide bonds. The highest BCUT2D eigenvalue weighted by atomic mass is 32.1. The third-order valence-corrected chi connectivity index (χ3v) is 6.51. The zero-order chi connectivity index (χ0) is 25.1. The number of hydrogen-bond acceptors (Lipinski definition) is 7. The summed E-state index contributed by atoms with van der Waals surface area (Å²) in [6.07, 6.45) is 0. The standard InChI is InChI=1S/C25H21N3O5S2/c1-3-33-24(32)20-19(15-9-5-4-6-10-15)14(2)35-21(20)27-25(34)26-18(29)13-28-22(30)16-11-7-8-12-17(16)23(28)31/h4-12H,3,13H2,1-2H3,(H2,26,27,29,34). The Morgan fingerprint density at radius 3 is 2.20 bits per heavy atom. The molecule has 0 aliphatic carbocycles. The van der Waals surface area contributed by atoms with Crippen LogP contribution in [0.5, 0.6) is 0 Å². The smallest absolute Gasteiger partial charge is 0.341 e. The summed E-state index contributed by atoms with van der Waals surface area (Å²) in [5, 5.41) is 5.74. The topological polar surface area (TPSA) is 105 Å². The fraction of sp³-hybridized carbons (Fsp3) is 0.160. The molecule has 1 aliphatic rings. The molecule has 0 unspecified atom stereocenters. The third kappa shape index (κ3) is 4.84. The van der Waals surface area contributed by atoms with Crippen molar-refractivity contribution in [2.45, 2.75) is 13.8 Å². The lowest BCUT2D eigenvalue weighted by molar-refractivity contribution is -0.120. The molecule has 3 aromatic rings. The highest BCUT2D eigenvalue weighted by Gasteiger charge is 2.36. The Morgan fingerprint density at radius 2 is 1.60 bits per heavy atom. The number of ether oxygens (including phenoxy) is 1. The van der Waals surface area contributed by atoms with Crippen LogP contribution in [0.3, 0.4) is 0 Å². The van der Waals surface area contributed by atoms with Crippen molar-refractivity contribution >= 4 is 57.4 Å². The summed E-state index contributed by atoms with van der Waals surface area (Å²) >= 11 is 6.59. The molecule has 2 aromatic carbocycles. The number of hydrogen-bond donors (Lipinski definition) is 2. The number of carbonyl (C=O) groups excluding carboxylic acids is 4. The number of amides is 3. The molecule has 0 bridgehead atoms. The lowest BCUT2D eigenvalue weighted by Crippen LogP contribution is -2.43. The molecule has 2 heterocycles. The van der Waals surface area contributed by atoms with Gasteiger partial charge in [0.2, 0.25) is 5.91 Å². The van der Waals surface area contributed by atoms with E-state index in [0.29, 0.717) is 10.6 Å². The van der Waals surface area contributed by atoms with Crippen molar-refractivity contribution in [2.75, 3.05) is 18.5 Å². The SMILES string of the molecule is CCOC(=O)c1c(NC(=S)NC(=O)CN2C(=O)c3ccccc3C2=O)sc(C)c1-c1ccccc1.